The molecule has 0 saturated heterocycles. The lowest BCUT2D eigenvalue weighted by Crippen LogP contribution is -2.50. The number of anilines is 1. The number of hydrogen-bond donors (Lipinski definition) is 1. The van der Waals surface area contributed by atoms with Gasteiger partial charge in [-0.2, -0.15) is 4.80 Å². The van der Waals surface area contributed by atoms with Crippen molar-refractivity contribution in [2.75, 3.05) is 12.0 Å². The molecule has 0 spiro atoms. The molecule has 0 aliphatic carbocycles. The maximum atomic E-state index is 13.9. The first kappa shape index (κ1) is 26.6. The van der Waals surface area contributed by atoms with Crippen molar-refractivity contribution in [3.8, 4) is 17.1 Å². The molecule has 0 bridgehead atoms. The van der Waals surface area contributed by atoms with E-state index in [0.29, 0.717) is 28.8 Å². The SMILES string of the molecule is COc1ccc(N(C(=O)Cn2nnc(-c3ccc(C)cc3)n2)[C@H](C(=O)NC(C)(C)C)c2ccc(C)o2)cc1. The first-order valence-electron chi connectivity index (χ1n) is 12.2. The fourth-order valence-corrected chi connectivity index (χ4v) is 3.92. The number of nitrogens with zero attached hydrogens (tertiary/aromatic N) is 5. The highest BCUT2D eigenvalue weighted by Crippen LogP contribution is 2.31. The van der Waals surface area contributed by atoms with Crippen LogP contribution in [0.15, 0.2) is 65.1 Å². The van der Waals surface area contributed by atoms with Crippen molar-refractivity contribution in [3.63, 3.8) is 0 Å². The molecule has 1 N–H and O–H groups in total. The Bertz CT molecular complexity index is 1400. The molecular formula is C28H32N6O4. The first-order chi connectivity index (χ1) is 18.0. The monoisotopic (exact) mass is 516 g/mol. The molecule has 1 atom stereocenters. The van der Waals surface area contributed by atoms with Crippen molar-refractivity contribution in [2.45, 2.75) is 52.7 Å². The highest BCUT2D eigenvalue weighted by Gasteiger charge is 2.37. The molecule has 0 radical (unpaired) electrons. The van der Waals surface area contributed by atoms with Gasteiger partial charge in [0.1, 0.15) is 23.8 Å². The van der Waals surface area contributed by atoms with Gasteiger partial charge in [-0.1, -0.05) is 29.8 Å². The van der Waals surface area contributed by atoms with E-state index in [9.17, 15) is 9.59 Å². The Hall–Kier alpha value is -4.47. The van der Waals surface area contributed by atoms with Gasteiger partial charge >= 0.3 is 0 Å². The number of nitrogens with one attached hydrogen (secondary N) is 1. The molecule has 0 saturated carbocycles. The van der Waals surface area contributed by atoms with Crippen LogP contribution >= 0.6 is 0 Å². The number of amides is 2. The Kier molecular flexibility index (Phi) is 7.61. The number of tetrazole rings is 1. The quantitative estimate of drug-likeness (QED) is 0.372. The molecule has 2 heterocycles. The molecule has 4 rings (SSSR count). The fourth-order valence-electron chi connectivity index (χ4n) is 3.92. The van der Waals surface area contributed by atoms with E-state index in [0.717, 1.165) is 11.1 Å². The zero-order valence-corrected chi connectivity index (χ0v) is 22.4. The summed E-state index contributed by atoms with van der Waals surface area (Å²) >= 11 is 0. The van der Waals surface area contributed by atoms with Crippen LogP contribution in [0.4, 0.5) is 5.69 Å². The lowest BCUT2D eigenvalue weighted by molar-refractivity contribution is -0.128. The second kappa shape index (κ2) is 10.9. The van der Waals surface area contributed by atoms with Crippen molar-refractivity contribution in [3.05, 3.63) is 77.7 Å². The van der Waals surface area contributed by atoms with Gasteiger partial charge in [0, 0.05) is 16.8 Å². The molecular weight excluding hydrogens is 484 g/mol. The zero-order chi connectivity index (χ0) is 27.4. The average molecular weight is 517 g/mol. The zero-order valence-electron chi connectivity index (χ0n) is 22.4. The van der Waals surface area contributed by atoms with Gasteiger partial charge in [0.2, 0.25) is 5.82 Å². The van der Waals surface area contributed by atoms with Gasteiger partial charge in [-0.05, 0) is 76.2 Å². The van der Waals surface area contributed by atoms with Gasteiger partial charge in [-0.15, -0.1) is 10.2 Å². The highest BCUT2D eigenvalue weighted by atomic mass is 16.5. The van der Waals surface area contributed by atoms with Crippen molar-refractivity contribution in [2.24, 2.45) is 0 Å². The predicted octanol–water partition coefficient (Wildman–Crippen LogP) is 4.25. The van der Waals surface area contributed by atoms with E-state index >= 15 is 0 Å². The molecule has 0 aliphatic rings. The summed E-state index contributed by atoms with van der Waals surface area (Å²) in [7, 11) is 1.56. The van der Waals surface area contributed by atoms with Gasteiger partial charge in [0.15, 0.2) is 6.04 Å². The van der Waals surface area contributed by atoms with Crippen LogP contribution in [0.1, 0.15) is 43.9 Å². The number of methoxy groups -OCH3 is 1. The molecule has 38 heavy (non-hydrogen) atoms. The Morgan fingerprint density at radius 1 is 1.03 bits per heavy atom. The van der Waals surface area contributed by atoms with E-state index in [1.165, 1.54) is 9.70 Å². The van der Waals surface area contributed by atoms with Crippen molar-refractivity contribution in [1.82, 2.24) is 25.5 Å². The van der Waals surface area contributed by atoms with Crippen LogP contribution in [0.5, 0.6) is 5.75 Å². The van der Waals surface area contributed by atoms with E-state index in [2.05, 4.69) is 20.7 Å². The summed E-state index contributed by atoms with van der Waals surface area (Å²) < 4.78 is 11.2. The molecule has 2 aromatic heterocycles. The standard InChI is InChI=1S/C28H32N6O4/c1-18-7-10-20(11-8-18)26-30-32-33(31-26)17-24(35)34(21-12-14-22(37-6)15-13-21)25(23-16-9-19(2)38-23)27(36)29-28(3,4)5/h7-16,25H,17H2,1-6H3,(H,29,36)/t25-/m0/s1. The number of aryl methyl sites for hydroxylation is 2. The molecule has 10 heteroatoms. The number of carbonyl (C=O) groups is 2. The van der Waals surface area contributed by atoms with Crippen LogP contribution in [-0.4, -0.2) is 44.7 Å². The maximum absolute atomic E-state index is 13.9. The number of carbonyl (C=O) groups excluding carboxylic acids is 2. The smallest absolute Gasteiger partial charge is 0.251 e. The van der Waals surface area contributed by atoms with Gasteiger partial charge in [0.25, 0.3) is 11.8 Å². The normalized spacial score (nSPS) is 12.2. The van der Waals surface area contributed by atoms with Crippen LogP contribution in [-0.2, 0) is 16.1 Å². The van der Waals surface area contributed by atoms with Crippen LogP contribution in [0.25, 0.3) is 11.4 Å². The van der Waals surface area contributed by atoms with Crippen molar-refractivity contribution >= 4 is 17.5 Å². The molecule has 198 valence electrons. The number of rotatable bonds is 8. The summed E-state index contributed by atoms with van der Waals surface area (Å²) in [6.45, 7) is 9.16. The van der Waals surface area contributed by atoms with Crippen LogP contribution in [0, 0.1) is 13.8 Å². The molecule has 10 nitrogen and oxygen atoms in total. The maximum Gasteiger partial charge on any atom is 0.251 e. The minimum absolute atomic E-state index is 0.246. The first-order valence-corrected chi connectivity index (χ1v) is 12.2. The Labute approximate surface area is 221 Å². The lowest BCUT2D eigenvalue weighted by Gasteiger charge is -2.32. The molecule has 4 aromatic rings. The largest absolute Gasteiger partial charge is 0.497 e. The minimum atomic E-state index is -1.08. The summed E-state index contributed by atoms with van der Waals surface area (Å²) in [5, 5.41) is 15.6. The van der Waals surface area contributed by atoms with Crippen molar-refractivity contribution < 1.29 is 18.7 Å². The predicted molar refractivity (Wildman–Crippen MR) is 143 cm³/mol. The molecule has 2 aromatic carbocycles. The van der Waals surface area contributed by atoms with Crippen LogP contribution < -0.4 is 15.0 Å². The molecule has 0 aliphatic heterocycles. The highest BCUT2D eigenvalue weighted by molar-refractivity contribution is 6.01. The number of benzene rings is 2. The lowest BCUT2D eigenvalue weighted by atomic mass is 10.1. The van der Waals surface area contributed by atoms with Crippen molar-refractivity contribution in [1.29, 1.82) is 0 Å². The van der Waals surface area contributed by atoms with Crippen LogP contribution in [0.3, 0.4) is 0 Å². The number of hydrogen-bond acceptors (Lipinski definition) is 7. The number of aromatic nitrogens is 4. The number of furan rings is 1. The van der Waals surface area contributed by atoms with Gasteiger partial charge in [-0.3, -0.25) is 14.5 Å². The molecule has 0 fully saturated rings. The second-order valence-electron chi connectivity index (χ2n) is 10.1. The fraction of sp³-hybridized carbons (Fsp3) is 0.321. The average Bonchev–Trinajstić information content (AvgIpc) is 3.50. The van der Waals surface area contributed by atoms with Gasteiger partial charge < -0.3 is 14.5 Å². The third-order valence-electron chi connectivity index (χ3n) is 5.69. The third kappa shape index (κ3) is 6.26. The van der Waals surface area contributed by atoms with Gasteiger partial charge in [0.05, 0.1) is 7.11 Å². The van der Waals surface area contributed by atoms with E-state index in [4.69, 9.17) is 9.15 Å². The summed E-state index contributed by atoms with van der Waals surface area (Å²) in [5.74, 6) is 1.16. The summed E-state index contributed by atoms with van der Waals surface area (Å²) in [4.78, 5) is 30.2. The second-order valence-corrected chi connectivity index (χ2v) is 10.1. The summed E-state index contributed by atoms with van der Waals surface area (Å²) in [6.07, 6.45) is 0. The third-order valence-corrected chi connectivity index (χ3v) is 5.69. The number of ether oxygens (including phenoxy) is 1. The summed E-state index contributed by atoms with van der Waals surface area (Å²) in [6, 6.07) is 17.0. The Morgan fingerprint density at radius 2 is 1.71 bits per heavy atom. The van der Waals surface area contributed by atoms with Crippen LogP contribution in [0.2, 0.25) is 0 Å². The molecule has 0 unspecified atom stereocenters. The summed E-state index contributed by atoms with van der Waals surface area (Å²) in [5.41, 5.74) is 1.84. The van der Waals surface area contributed by atoms with E-state index in [1.807, 2.05) is 52.0 Å². The van der Waals surface area contributed by atoms with Gasteiger partial charge in [-0.25, -0.2) is 0 Å². The Balaban J connectivity index is 1.72. The van der Waals surface area contributed by atoms with E-state index < -0.39 is 17.5 Å². The van der Waals surface area contributed by atoms with E-state index in [1.54, 1.807) is 50.4 Å². The van der Waals surface area contributed by atoms with E-state index in [-0.39, 0.29) is 12.5 Å². The Morgan fingerprint density at radius 3 is 2.29 bits per heavy atom. The topological polar surface area (TPSA) is 115 Å². The minimum Gasteiger partial charge on any atom is -0.497 e. The molecule has 2 amide bonds.